The topological polar surface area (TPSA) is 63.7 Å². The van der Waals surface area contributed by atoms with Crippen LogP contribution in [0.15, 0.2) is 84.9 Å². The lowest BCUT2D eigenvalue weighted by Gasteiger charge is -2.24. The number of benzene rings is 3. The lowest BCUT2D eigenvalue weighted by Crippen LogP contribution is -2.48. The lowest BCUT2D eigenvalue weighted by atomic mass is 10.0. The van der Waals surface area contributed by atoms with Crippen molar-refractivity contribution < 1.29 is 19.1 Å². The van der Waals surface area contributed by atoms with Crippen LogP contribution in [0.4, 0.5) is 0 Å². The molecule has 0 saturated heterocycles. The van der Waals surface area contributed by atoms with E-state index >= 15 is 0 Å². The smallest absolute Gasteiger partial charge is 0.335 e. The molecule has 0 aromatic heterocycles. The van der Waals surface area contributed by atoms with E-state index in [9.17, 15) is 14.4 Å². The third-order valence-corrected chi connectivity index (χ3v) is 4.64. The Bertz CT molecular complexity index is 996. The summed E-state index contributed by atoms with van der Waals surface area (Å²) < 4.78 is 5.47. The number of imide groups is 1. The molecule has 5 heteroatoms. The van der Waals surface area contributed by atoms with Gasteiger partial charge < -0.3 is 4.74 Å². The molecule has 0 saturated carbocycles. The molecule has 138 valence electrons. The van der Waals surface area contributed by atoms with Gasteiger partial charge in [-0.05, 0) is 29.8 Å². The van der Waals surface area contributed by atoms with E-state index in [2.05, 4.69) is 0 Å². The van der Waals surface area contributed by atoms with Crippen molar-refractivity contribution in [1.29, 1.82) is 0 Å². The Morgan fingerprint density at radius 1 is 0.750 bits per heavy atom. The van der Waals surface area contributed by atoms with E-state index in [1.807, 2.05) is 36.4 Å². The van der Waals surface area contributed by atoms with Crippen molar-refractivity contribution >= 4 is 17.8 Å². The van der Waals surface area contributed by atoms with Gasteiger partial charge in [0.25, 0.3) is 11.8 Å². The molecule has 2 amide bonds. The minimum atomic E-state index is -1.06. The van der Waals surface area contributed by atoms with E-state index in [4.69, 9.17) is 4.74 Å². The fourth-order valence-electron chi connectivity index (χ4n) is 3.28. The van der Waals surface area contributed by atoms with Gasteiger partial charge in [0, 0.05) is 6.42 Å². The monoisotopic (exact) mass is 371 g/mol. The second-order valence-electron chi connectivity index (χ2n) is 6.47. The molecule has 0 spiro atoms. The van der Waals surface area contributed by atoms with Crippen LogP contribution in [0.5, 0.6) is 5.75 Å². The molecule has 1 aliphatic rings. The molecule has 0 unspecified atom stereocenters. The highest BCUT2D eigenvalue weighted by Gasteiger charge is 2.43. The molecule has 4 rings (SSSR count). The predicted molar refractivity (Wildman–Crippen MR) is 103 cm³/mol. The first-order valence-electron chi connectivity index (χ1n) is 8.93. The number of carbonyl (C=O) groups excluding carboxylic acids is 3. The first-order chi connectivity index (χ1) is 13.6. The maximum absolute atomic E-state index is 13.0. The summed E-state index contributed by atoms with van der Waals surface area (Å²) in [4.78, 5) is 39.8. The Balaban J connectivity index is 1.68. The van der Waals surface area contributed by atoms with Crippen molar-refractivity contribution in [2.45, 2.75) is 12.5 Å². The molecule has 0 radical (unpaired) electrons. The SMILES string of the molecule is O=C(Oc1ccccc1)[C@H](Cc1ccccc1)N1C(=O)c2ccccc2C1=O. The van der Waals surface area contributed by atoms with Crippen LogP contribution in [0.3, 0.4) is 0 Å². The molecule has 0 aliphatic carbocycles. The fourth-order valence-corrected chi connectivity index (χ4v) is 3.28. The third kappa shape index (κ3) is 3.30. The summed E-state index contributed by atoms with van der Waals surface area (Å²) in [6.45, 7) is 0. The summed E-state index contributed by atoms with van der Waals surface area (Å²) in [6, 6.07) is 23.4. The predicted octanol–water partition coefficient (Wildman–Crippen LogP) is 3.50. The number of ether oxygens (including phenoxy) is 1. The van der Waals surface area contributed by atoms with Gasteiger partial charge in [0.15, 0.2) is 0 Å². The van der Waals surface area contributed by atoms with Gasteiger partial charge in [-0.25, -0.2) is 4.79 Å². The molecule has 1 atom stereocenters. The van der Waals surface area contributed by atoms with Crippen LogP contribution in [0.25, 0.3) is 0 Å². The van der Waals surface area contributed by atoms with Crippen LogP contribution in [0.2, 0.25) is 0 Å². The van der Waals surface area contributed by atoms with Crippen molar-refractivity contribution in [3.8, 4) is 5.75 Å². The second kappa shape index (κ2) is 7.48. The summed E-state index contributed by atoms with van der Waals surface area (Å²) in [5.41, 5.74) is 1.44. The fraction of sp³-hybridized carbons (Fsp3) is 0.0870. The van der Waals surface area contributed by atoms with E-state index in [1.54, 1.807) is 48.5 Å². The van der Waals surface area contributed by atoms with Crippen LogP contribution in [0.1, 0.15) is 26.3 Å². The number of nitrogens with zero attached hydrogens (tertiary/aromatic N) is 1. The summed E-state index contributed by atoms with van der Waals surface area (Å²) in [5, 5.41) is 0. The van der Waals surface area contributed by atoms with E-state index in [-0.39, 0.29) is 6.42 Å². The molecule has 0 fully saturated rings. The first-order valence-corrected chi connectivity index (χ1v) is 8.93. The van der Waals surface area contributed by atoms with Gasteiger partial charge in [-0.3, -0.25) is 14.5 Å². The molecular formula is C23H17NO4. The zero-order chi connectivity index (χ0) is 19.5. The number of amides is 2. The largest absolute Gasteiger partial charge is 0.425 e. The van der Waals surface area contributed by atoms with Crippen molar-refractivity contribution in [2.75, 3.05) is 0 Å². The van der Waals surface area contributed by atoms with Crippen LogP contribution < -0.4 is 4.74 Å². The molecule has 28 heavy (non-hydrogen) atoms. The Morgan fingerprint density at radius 3 is 1.82 bits per heavy atom. The van der Waals surface area contributed by atoms with Gasteiger partial charge in [0.1, 0.15) is 11.8 Å². The average Bonchev–Trinajstić information content (AvgIpc) is 2.98. The highest BCUT2D eigenvalue weighted by atomic mass is 16.5. The van der Waals surface area contributed by atoms with E-state index < -0.39 is 23.8 Å². The zero-order valence-corrected chi connectivity index (χ0v) is 14.9. The minimum absolute atomic E-state index is 0.179. The average molecular weight is 371 g/mol. The second-order valence-corrected chi connectivity index (χ2v) is 6.47. The number of carbonyl (C=O) groups is 3. The van der Waals surface area contributed by atoms with E-state index in [1.165, 1.54) is 0 Å². The van der Waals surface area contributed by atoms with Gasteiger partial charge in [-0.2, -0.15) is 0 Å². The van der Waals surface area contributed by atoms with Crippen LogP contribution in [-0.2, 0) is 11.2 Å². The van der Waals surface area contributed by atoms with Crippen LogP contribution >= 0.6 is 0 Å². The van der Waals surface area contributed by atoms with Gasteiger partial charge >= 0.3 is 5.97 Å². The Labute approximate surface area is 162 Å². The normalized spacial score (nSPS) is 13.9. The summed E-state index contributed by atoms with van der Waals surface area (Å²) in [6.07, 6.45) is 0.179. The summed E-state index contributed by atoms with van der Waals surface area (Å²) >= 11 is 0. The highest BCUT2D eigenvalue weighted by Crippen LogP contribution is 2.27. The van der Waals surface area contributed by atoms with Crippen molar-refractivity contribution in [3.63, 3.8) is 0 Å². The third-order valence-electron chi connectivity index (χ3n) is 4.64. The van der Waals surface area contributed by atoms with Crippen molar-refractivity contribution in [3.05, 3.63) is 102 Å². The molecule has 0 bridgehead atoms. The minimum Gasteiger partial charge on any atom is -0.425 e. The van der Waals surface area contributed by atoms with E-state index in [0.717, 1.165) is 10.5 Å². The molecule has 3 aromatic rings. The van der Waals surface area contributed by atoms with Crippen molar-refractivity contribution in [1.82, 2.24) is 4.90 Å². The summed E-state index contributed by atoms with van der Waals surface area (Å²) in [5.74, 6) is -1.25. The number of hydrogen-bond acceptors (Lipinski definition) is 4. The maximum Gasteiger partial charge on any atom is 0.335 e. The first kappa shape index (κ1) is 17.7. The maximum atomic E-state index is 13.0. The lowest BCUT2D eigenvalue weighted by molar-refractivity contribution is -0.138. The molecular weight excluding hydrogens is 354 g/mol. The van der Waals surface area contributed by atoms with Crippen LogP contribution in [-0.4, -0.2) is 28.7 Å². The highest BCUT2D eigenvalue weighted by molar-refractivity contribution is 6.22. The molecule has 1 heterocycles. The zero-order valence-electron chi connectivity index (χ0n) is 14.9. The Hall–Kier alpha value is -3.73. The number of rotatable bonds is 5. The van der Waals surface area contributed by atoms with E-state index in [0.29, 0.717) is 16.9 Å². The standard InChI is InChI=1S/C23H17NO4/c25-21-18-13-7-8-14-19(18)22(26)24(21)20(15-16-9-3-1-4-10-16)23(27)28-17-11-5-2-6-12-17/h1-14,20H,15H2/t20-/m0/s1. The van der Waals surface area contributed by atoms with Gasteiger partial charge in [-0.1, -0.05) is 60.7 Å². The molecule has 1 aliphatic heterocycles. The molecule has 3 aromatic carbocycles. The number of fused-ring (bicyclic) bond motifs is 1. The van der Waals surface area contributed by atoms with Gasteiger partial charge in [0.05, 0.1) is 11.1 Å². The number of para-hydroxylation sites is 1. The quantitative estimate of drug-likeness (QED) is 0.391. The molecule has 0 N–H and O–H groups in total. The van der Waals surface area contributed by atoms with Gasteiger partial charge in [0.2, 0.25) is 0 Å². The molecule has 5 nitrogen and oxygen atoms in total. The van der Waals surface area contributed by atoms with Crippen molar-refractivity contribution in [2.24, 2.45) is 0 Å². The van der Waals surface area contributed by atoms with Gasteiger partial charge in [-0.15, -0.1) is 0 Å². The Morgan fingerprint density at radius 2 is 1.25 bits per heavy atom. The van der Waals surface area contributed by atoms with Crippen LogP contribution in [0, 0.1) is 0 Å². The summed E-state index contributed by atoms with van der Waals surface area (Å²) in [7, 11) is 0. The number of esters is 1. The Kier molecular flexibility index (Phi) is 4.72. The number of hydrogen-bond donors (Lipinski definition) is 0.